The summed E-state index contributed by atoms with van der Waals surface area (Å²) in [4.78, 5) is 28.7. The minimum atomic E-state index is -1.48. The monoisotopic (exact) mass is 366 g/mol. The number of aliphatic carboxylic acids is 1. The van der Waals surface area contributed by atoms with Crippen molar-refractivity contribution in [2.45, 2.75) is 38.6 Å². The number of nitrogens with one attached hydrogen (secondary N) is 1. The van der Waals surface area contributed by atoms with Crippen LogP contribution in [0.25, 0.3) is 0 Å². The molecule has 2 aromatic rings. The molecule has 1 heterocycles. The molecule has 5 nitrogen and oxygen atoms in total. The second-order valence-corrected chi connectivity index (χ2v) is 6.76. The molecule has 1 atom stereocenters. The maximum absolute atomic E-state index is 12.4. The molecule has 0 saturated heterocycles. The smallest absolute Gasteiger partial charge is 0.334 e. The summed E-state index contributed by atoms with van der Waals surface area (Å²) in [6, 6.07) is 6.48. The number of rotatable bonds is 7. The van der Waals surface area contributed by atoms with E-state index in [1.165, 1.54) is 11.3 Å². The fourth-order valence-electron chi connectivity index (χ4n) is 2.47. The van der Waals surface area contributed by atoms with Gasteiger partial charge in [0.05, 0.1) is 17.1 Å². The molecular weight excluding hydrogens is 348 g/mol. The molecule has 7 heteroatoms. The van der Waals surface area contributed by atoms with Gasteiger partial charge in [-0.3, -0.25) is 4.79 Å². The van der Waals surface area contributed by atoms with E-state index in [0.717, 1.165) is 11.4 Å². The molecule has 24 heavy (non-hydrogen) atoms. The first-order valence-corrected chi connectivity index (χ1v) is 8.90. The standard InChI is InChI=1S/C17H19ClN2O3S/c1-3-15-19-13(10-24-15)9-14(21)20-17(4-2,16(22)23)11-5-7-12(18)8-6-11/h5-8,10H,3-4,9H2,1-2H3,(H,20,21)(H,22,23). The van der Waals surface area contributed by atoms with Crippen LogP contribution in [0.2, 0.25) is 5.02 Å². The van der Waals surface area contributed by atoms with E-state index in [1.807, 2.05) is 12.3 Å². The van der Waals surface area contributed by atoms with Gasteiger partial charge in [0.15, 0.2) is 5.54 Å². The van der Waals surface area contributed by atoms with Crippen molar-refractivity contribution in [2.24, 2.45) is 0 Å². The number of hydrogen-bond acceptors (Lipinski definition) is 4. The predicted octanol–water partition coefficient (Wildman–Crippen LogP) is 3.41. The zero-order valence-electron chi connectivity index (χ0n) is 13.5. The van der Waals surface area contributed by atoms with Crippen LogP contribution in [0.4, 0.5) is 0 Å². The molecule has 0 aliphatic heterocycles. The highest BCUT2D eigenvalue weighted by Gasteiger charge is 2.40. The first-order chi connectivity index (χ1) is 11.4. The average molecular weight is 367 g/mol. The summed E-state index contributed by atoms with van der Waals surface area (Å²) in [5, 5.41) is 15.7. The van der Waals surface area contributed by atoms with E-state index in [4.69, 9.17) is 11.6 Å². The van der Waals surface area contributed by atoms with Crippen molar-refractivity contribution in [3.8, 4) is 0 Å². The fraction of sp³-hybridized carbons (Fsp3) is 0.353. The second-order valence-electron chi connectivity index (χ2n) is 5.38. The molecule has 0 bridgehead atoms. The summed E-state index contributed by atoms with van der Waals surface area (Å²) in [5.41, 5.74) is -0.339. The number of halogens is 1. The molecule has 0 aliphatic rings. The Morgan fingerprint density at radius 1 is 1.29 bits per heavy atom. The SMILES string of the molecule is CCc1nc(CC(=O)NC(CC)(C(=O)O)c2ccc(Cl)cc2)cs1. The first-order valence-electron chi connectivity index (χ1n) is 7.65. The van der Waals surface area contributed by atoms with Crippen molar-refractivity contribution >= 4 is 34.8 Å². The molecule has 2 rings (SSSR count). The van der Waals surface area contributed by atoms with Gasteiger partial charge in [-0.2, -0.15) is 0 Å². The fourth-order valence-corrected chi connectivity index (χ4v) is 3.34. The number of carboxylic acids is 1. The van der Waals surface area contributed by atoms with Crippen LogP contribution < -0.4 is 5.32 Å². The lowest BCUT2D eigenvalue weighted by molar-refractivity contribution is -0.148. The summed E-state index contributed by atoms with van der Waals surface area (Å²) in [6.07, 6.45) is 1.08. The minimum absolute atomic E-state index is 0.0547. The molecule has 2 N–H and O–H groups in total. The molecule has 1 aromatic carbocycles. The summed E-state index contributed by atoms with van der Waals surface area (Å²) in [7, 11) is 0. The molecule has 0 radical (unpaired) electrons. The van der Waals surface area contributed by atoms with Crippen LogP contribution in [-0.2, 0) is 28.0 Å². The number of carbonyl (C=O) groups is 2. The van der Waals surface area contributed by atoms with Gasteiger partial charge in [0.25, 0.3) is 0 Å². The van der Waals surface area contributed by atoms with Crippen molar-refractivity contribution in [1.82, 2.24) is 10.3 Å². The van der Waals surface area contributed by atoms with Crippen LogP contribution in [0.1, 0.15) is 36.5 Å². The Balaban J connectivity index is 2.23. The number of amides is 1. The van der Waals surface area contributed by atoms with Crippen LogP contribution >= 0.6 is 22.9 Å². The third kappa shape index (κ3) is 3.94. The zero-order chi connectivity index (χ0) is 17.7. The average Bonchev–Trinajstić information content (AvgIpc) is 3.00. The second kappa shape index (κ2) is 7.77. The zero-order valence-corrected chi connectivity index (χ0v) is 15.1. The van der Waals surface area contributed by atoms with Crippen LogP contribution in [0.5, 0.6) is 0 Å². The quantitative estimate of drug-likeness (QED) is 0.787. The van der Waals surface area contributed by atoms with Gasteiger partial charge in [-0.15, -0.1) is 11.3 Å². The molecule has 1 unspecified atom stereocenters. The Labute approximate surface area is 149 Å². The Hall–Kier alpha value is -1.92. The number of aryl methyl sites for hydroxylation is 1. The summed E-state index contributed by atoms with van der Waals surface area (Å²) in [5.74, 6) is -1.48. The van der Waals surface area contributed by atoms with E-state index in [-0.39, 0.29) is 18.7 Å². The highest BCUT2D eigenvalue weighted by molar-refractivity contribution is 7.09. The van der Waals surface area contributed by atoms with E-state index >= 15 is 0 Å². The number of carbonyl (C=O) groups excluding carboxylic acids is 1. The normalized spacial score (nSPS) is 13.3. The summed E-state index contributed by atoms with van der Waals surface area (Å²) < 4.78 is 0. The molecule has 128 valence electrons. The summed E-state index contributed by atoms with van der Waals surface area (Å²) >= 11 is 7.37. The van der Waals surface area contributed by atoms with E-state index in [0.29, 0.717) is 16.3 Å². The highest BCUT2D eigenvalue weighted by Crippen LogP contribution is 2.27. The van der Waals surface area contributed by atoms with Crippen molar-refractivity contribution in [1.29, 1.82) is 0 Å². The van der Waals surface area contributed by atoms with Gasteiger partial charge < -0.3 is 10.4 Å². The van der Waals surface area contributed by atoms with E-state index < -0.39 is 11.5 Å². The van der Waals surface area contributed by atoms with Gasteiger partial charge in [-0.25, -0.2) is 9.78 Å². The third-order valence-electron chi connectivity index (χ3n) is 3.83. The van der Waals surface area contributed by atoms with E-state index in [2.05, 4.69) is 10.3 Å². The lowest BCUT2D eigenvalue weighted by Crippen LogP contribution is -2.52. The van der Waals surface area contributed by atoms with Gasteiger partial charge in [0, 0.05) is 10.4 Å². The van der Waals surface area contributed by atoms with Gasteiger partial charge in [-0.05, 0) is 30.5 Å². The van der Waals surface area contributed by atoms with Crippen molar-refractivity contribution < 1.29 is 14.7 Å². The number of carboxylic acid groups (broad SMARTS) is 1. The van der Waals surface area contributed by atoms with Crippen molar-refractivity contribution in [3.05, 3.63) is 50.9 Å². The van der Waals surface area contributed by atoms with E-state index in [9.17, 15) is 14.7 Å². The van der Waals surface area contributed by atoms with Gasteiger partial charge in [0.2, 0.25) is 5.91 Å². The highest BCUT2D eigenvalue weighted by atomic mass is 35.5. The third-order valence-corrected chi connectivity index (χ3v) is 5.12. The molecular formula is C17H19ClN2O3S. The largest absolute Gasteiger partial charge is 0.479 e. The van der Waals surface area contributed by atoms with Crippen molar-refractivity contribution in [3.63, 3.8) is 0 Å². The first kappa shape index (κ1) is 18.4. The maximum Gasteiger partial charge on any atom is 0.334 e. The maximum atomic E-state index is 12.4. The summed E-state index contributed by atoms with van der Waals surface area (Å²) in [6.45, 7) is 3.72. The minimum Gasteiger partial charge on any atom is -0.479 e. The molecule has 1 amide bonds. The van der Waals surface area contributed by atoms with Crippen LogP contribution in [0, 0.1) is 0 Å². The number of thiazole rings is 1. The van der Waals surface area contributed by atoms with Gasteiger partial charge in [-0.1, -0.05) is 37.6 Å². The number of nitrogens with zero attached hydrogens (tertiary/aromatic N) is 1. The number of aromatic nitrogens is 1. The lowest BCUT2D eigenvalue weighted by Gasteiger charge is -2.30. The molecule has 0 spiro atoms. The Bertz CT molecular complexity index is 730. The van der Waals surface area contributed by atoms with Crippen molar-refractivity contribution in [2.75, 3.05) is 0 Å². The lowest BCUT2D eigenvalue weighted by atomic mass is 9.87. The van der Waals surface area contributed by atoms with Gasteiger partial charge >= 0.3 is 5.97 Å². The molecule has 0 fully saturated rings. The predicted molar refractivity (Wildman–Crippen MR) is 94.4 cm³/mol. The Morgan fingerprint density at radius 2 is 1.96 bits per heavy atom. The van der Waals surface area contributed by atoms with Crippen LogP contribution in [-0.4, -0.2) is 22.0 Å². The van der Waals surface area contributed by atoms with Gasteiger partial charge in [0.1, 0.15) is 0 Å². The number of benzene rings is 1. The number of hydrogen-bond donors (Lipinski definition) is 2. The van der Waals surface area contributed by atoms with E-state index in [1.54, 1.807) is 31.2 Å². The molecule has 1 aromatic heterocycles. The Kier molecular flexibility index (Phi) is 5.96. The Morgan fingerprint density at radius 3 is 2.46 bits per heavy atom. The van der Waals surface area contributed by atoms with Crippen LogP contribution in [0.3, 0.4) is 0 Å². The molecule has 0 aliphatic carbocycles. The van der Waals surface area contributed by atoms with Crippen LogP contribution in [0.15, 0.2) is 29.6 Å². The molecule has 0 saturated carbocycles. The topological polar surface area (TPSA) is 79.3 Å².